The van der Waals surface area contributed by atoms with Crippen LogP contribution in [-0.2, 0) is 0 Å². The minimum atomic E-state index is -0.509. The molecule has 0 spiro atoms. The van der Waals surface area contributed by atoms with Gasteiger partial charge in [0, 0.05) is 18.5 Å². The Bertz CT molecular complexity index is 1030. The molecule has 8 heteroatoms. The summed E-state index contributed by atoms with van der Waals surface area (Å²) in [6.07, 6.45) is 3.46. The number of carbonyl (C=O) groups is 1. The monoisotopic (exact) mass is 385 g/mol. The number of benzene rings is 1. The van der Waals surface area contributed by atoms with Crippen LogP contribution < -0.4 is 14.8 Å². The van der Waals surface area contributed by atoms with Gasteiger partial charge >= 0.3 is 0 Å². The molecule has 27 heavy (non-hydrogen) atoms. The van der Waals surface area contributed by atoms with Gasteiger partial charge in [0.05, 0.1) is 24.9 Å². The van der Waals surface area contributed by atoms with Crippen molar-refractivity contribution in [2.24, 2.45) is 0 Å². The molecule has 0 fully saturated rings. The predicted molar refractivity (Wildman–Crippen MR) is 100.0 cm³/mol. The largest absolute Gasteiger partial charge is 0.495 e. The molecule has 2 heterocycles. The maximum atomic E-state index is 12.9. The zero-order valence-corrected chi connectivity index (χ0v) is 15.6. The maximum Gasteiger partial charge on any atom is 0.260 e. The topological polar surface area (TPSA) is 89.4 Å². The molecule has 1 amide bonds. The standard InChI is InChI=1S/C19H16ClN3O4/c1-11-17(12(10-21)19(27-11)23-6-4-5-7-23)18(24)22-14-8-13(20)15(25-2)9-16(14)26-3/h4-9H,1-3H3,(H,22,24). The first-order valence-electron chi connectivity index (χ1n) is 7.89. The number of anilines is 1. The lowest BCUT2D eigenvalue weighted by Gasteiger charge is -2.13. The van der Waals surface area contributed by atoms with E-state index in [9.17, 15) is 10.1 Å². The van der Waals surface area contributed by atoms with E-state index in [4.69, 9.17) is 25.5 Å². The van der Waals surface area contributed by atoms with Gasteiger partial charge in [-0.3, -0.25) is 9.36 Å². The first kappa shape index (κ1) is 18.4. The number of aryl methyl sites for hydroxylation is 1. The van der Waals surface area contributed by atoms with Gasteiger partial charge in [-0.1, -0.05) is 11.6 Å². The minimum absolute atomic E-state index is 0.139. The van der Waals surface area contributed by atoms with Crippen LogP contribution in [0.2, 0.25) is 5.02 Å². The second kappa shape index (κ2) is 7.48. The fraction of sp³-hybridized carbons (Fsp3) is 0.158. The Labute approximate surface area is 160 Å². The summed E-state index contributed by atoms with van der Waals surface area (Å²) in [6, 6.07) is 8.72. The van der Waals surface area contributed by atoms with Crippen LogP contribution >= 0.6 is 11.6 Å². The molecular formula is C19H16ClN3O4. The van der Waals surface area contributed by atoms with E-state index in [0.717, 1.165) is 0 Å². The van der Waals surface area contributed by atoms with Gasteiger partial charge in [-0.05, 0) is 25.1 Å². The molecule has 0 aliphatic heterocycles. The number of nitrogens with zero attached hydrogens (tertiary/aromatic N) is 2. The summed E-state index contributed by atoms with van der Waals surface area (Å²) in [7, 11) is 2.95. The highest BCUT2D eigenvalue weighted by Crippen LogP contribution is 2.36. The Balaban J connectivity index is 2.01. The second-order valence-corrected chi connectivity index (χ2v) is 5.96. The number of hydrogen-bond donors (Lipinski definition) is 1. The van der Waals surface area contributed by atoms with Crippen LogP contribution in [0.1, 0.15) is 21.7 Å². The number of halogens is 1. The maximum absolute atomic E-state index is 12.9. The van der Waals surface area contributed by atoms with Crippen molar-refractivity contribution in [3.8, 4) is 23.5 Å². The van der Waals surface area contributed by atoms with Crippen LogP contribution in [0.15, 0.2) is 41.1 Å². The average molecular weight is 386 g/mol. The molecule has 0 bridgehead atoms. The van der Waals surface area contributed by atoms with Crippen molar-refractivity contribution in [2.45, 2.75) is 6.92 Å². The van der Waals surface area contributed by atoms with E-state index in [1.807, 2.05) is 6.07 Å². The lowest BCUT2D eigenvalue weighted by atomic mass is 10.1. The Hall–Kier alpha value is -3.37. The van der Waals surface area contributed by atoms with Crippen molar-refractivity contribution < 1.29 is 18.7 Å². The molecule has 2 aromatic heterocycles. The molecule has 3 rings (SSSR count). The molecule has 0 saturated carbocycles. The molecule has 7 nitrogen and oxygen atoms in total. The van der Waals surface area contributed by atoms with E-state index in [1.165, 1.54) is 20.3 Å². The Morgan fingerprint density at radius 3 is 2.48 bits per heavy atom. The van der Waals surface area contributed by atoms with E-state index in [-0.39, 0.29) is 17.0 Å². The molecule has 0 aliphatic carbocycles. The predicted octanol–water partition coefficient (Wildman–Crippen LogP) is 4.17. The van der Waals surface area contributed by atoms with Crippen molar-refractivity contribution in [3.05, 3.63) is 58.6 Å². The molecule has 3 aromatic rings. The molecule has 0 atom stereocenters. The summed E-state index contributed by atoms with van der Waals surface area (Å²) in [4.78, 5) is 12.9. The molecule has 1 aromatic carbocycles. The number of furan rings is 1. The van der Waals surface area contributed by atoms with Crippen molar-refractivity contribution >= 4 is 23.2 Å². The molecule has 1 N–H and O–H groups in total. The zero-order valence-electron chi connectivity index (χ0n) is 14.9. The number of methoxy groups -OCH3 is 2. The highest BCUT2D eigenvalue weighted by molar-refractivity contribution is 6.32. The number of nitrogens with one attached hydrogen (secondary N) is 1. The number of nitriles is 1. The van der Waals surface area contributed by atoms with E-state index in [2.05, 4.69) is 5.32 Å². The van der Waals surface area contributed by atoms with Crippen molar-refractivity contribution in [3.63, 3.8) is 0 Å². The third-order valence-electron chi connectivity index (χ3n) is 3.97. The van der Waals surface area contributed by atoms with Gasteiger partial charge in [-0.25, -0.2) is 0 Å². The van der Waals surface area contributed by atoms with Crippen molar-refractivity contribution in [1.82, 2.24) is 4.57 Å². The normalized spacial score (nSPS) is 10.3. The smallest absolute Gasteiger partial charge is 0.260 e. The van der Waals surface area contributed by atoms with Crippen LogP contribution in [0.4, 0.5) is 5.69 Å². The first-order valence-corrected chi connectivity index (χ1v) is 8.27. The summed E-state index contributed by atoms with van der Waals surface area (Å²) >= 11 is 6.14. The number of rotatable bonds is 5. The molecular weight excluding hydrogens is 370 g/mol. The van der Waals surface area contributed by atoms with Crippen molar-refractivity contribution in [1.29, 1.82) is 5.26 Å². The highest BCUT2D eigenvalue weighted by atomic mass is 35.5. The zero-order chi connectivity index (χ0) is 19.6. The van der Waals surface area contributed by atoms with Gasteiger partial charge in [-0.15, -0.1) is 0 Å². The van der Waals surface area contributed by atoms with Crippen LogP contribution in [0.5, 0.6) is 11.5 Å². The van der Waals surface area contributed by atoms with Crippen LogP contribution in [0, 0.1) is 18.3 Å². The lowest BCUT2D eigenvalue weighted by molar-refractivity contribution is 0.102. The van der Waals surface area contributed by atoms with E-state index >= 15 is 0 Å². The van der Waals surface area contributed by atoms with Gasteiger partial charge in [0.25, 0.3) is 5.91 Å². The Morgan fingerprint density at radius 1 is 1.22 bits per heavy atom. The summed E-state index contributed by atoms with van der Waals surface area (Å²) in [5.41, 5.74) is 0.635. The van der Waals surface area contributed by atoms with E-state index in [1.54, 1.807) is 42.1 Å². The third-order valence-corrected chi connectivity index (χ3v) is 4.26. The SMILES string of the molecule is COc1cc(OC)c(NC(=O)c2c(C)oc(-n3cccc3)c2C#N)cc1Cl. The fourth-order valence-electron chi connectivity index (χ4n) is 2.70. The van der Waals surface area contributed by atoms with Gasteiger partial charge < -0.3 is 19.2 Å². The first-order chi connectivity index (χ1) is 13.0. The number of ether oxygens (including phenoxy) is 2. The summed E-state index contributed by atoms with van der Waals surface area (Å²) < 4.78 is 17.7. The Morgan fingerprint density at radius 2 is 1.89 bits per heavy atom. The lowest BCUT2D eigenvalue weighted by Crippen LogP contribution is -2.14. The summed E-state index contributed by atoms with van der Waals surface area (Å²) in [5, 5.41) is 12.6. The van der Waals surface area contributed by atoms with Crippen LogP contribution in [0.25, 0.3) is 5.88 Å². The average Bonchev–Trinajstić information content (AvgIpc) is 3.29. The summed E-state index contributed by atoms with van der Waals surface area (Å²) in [6.45, 7) is 1.63. The van der Waals surface area contributed by atoms with Gasteiger partial charge in [0.1, 0.15) is 34.5 Å². The van der Waals surface area contributed by atoms with Crippen molar-refractivity contribution in [2.75, 3.05) is 19.5 Å². The highest BCUT2D eigenvalue weighted by Gasteiger charge is 2.25. The van der Waals surface area contributed by atoms with Gasteiger partial charge in [-0.2, -0.15) is 5.26 Å². The summed E-state index contributed by atoms with van der Waals surface area (Å²) in [5.74, 6) is 0.885. The number of aromatic nitrogens is 1. The van der Waals surface area contributed by atoms with Gasteiger partial charge in [0.15, 0.2) is 0 Å². The molecule has 0 unspecified atom stereocenters. The number of hydrogen-bond acceptors (Lipinski definition) is 5. The molecule has 0 aliphatic rings. The third kappa shape index (κ3) is 3.35. The molecule has 138 valence electrons. The van der Waals surface area contributed by atoms with E-state index in [0.29, 0.717) is 28.0 Å². The quantitative estimate of drug-likeness (QED) is 0.711. The van der Waals surface area contributed by atoms with Gasteiger partial charge in [0.2, 0.25) is 5.88 Å². The fourth-order valence-corrected chi connectivity index (χ4v) is 2.94. The van der Waals surface area contributed by atoms with E-state index < -0.39 is 5.91 Å². The number of amides is 1. The second-order valence-electron chi connectivity index (χ2n) is 5.56. The molecule has 0 saturated heterocycles. The van der Waals surface area contributed by atoms with Crippen LogP contribution in [-0.4, -0.2) is 24.7 Å². The Kier molecular flexibility index (Phi) is 5.10. The number of carbonyl (C=O) groups excluding carboxylic acids is 1. The minimum Gasteiger partial charge on any atom is -0.495 e. The molecule has 0 radical (unpaired) electrons. The van der Waals surface area contributed by atoms with Crippen LogP contribution in [0.3, 0.4) is 0 Å².